The molecule has 1 amide bonds. The molecule has 2 rings (SSSR count). The Bertz CT molecular complexity index is 896. The fourth-order valence-corrected chi connectivity index (χ4v) is 4.02. The lowest BCUT2D eigenvalue weighted by molar-refractivity contribution is -0.122. The van der Waals surface area contributed by atoms with E-state index >= 15 is 0 Å². The molecule has 0 aromatic heterocycles. The van der Waals surface area contributed by atoms with Gasteiger partial charge >= 0.3 is 0 Å². The number of aryl methyl sites for hydroxylation is 1. The zero-order valence-electron chi connectivity index (χ0n) is 16.1. The van der Waals surface area contributed by atoms with Gasteiger partial charge in [0.1, 0.15) is 11.8 Å². The largest absolute Gasteiger partial charge is 0.494 e. The Morgan fingerprint density at radius 3 is 2.52 bits per heavy atom. The Labute approximate surface area is 161 Å². The van der Waals surface area contributed by atoms with Gasteiger partial charge in [-0.15, -0.1) is 0 Å². The third kappa shape index (κ3) is 5.47. The van der Waals surface area contributed by atoms with Gasteiger partial charge in [0.05, 0.1) is 18.6 Å². The molecule has 146 valence electrons. The second-order valence-electron chi connectivity index (χ2n) is 6.33. The van der Waals surface area contributed by atoms with Gasteiger partial charge in [-0.05, 0) is 44.5 Å². The van der Waals surface area contributed by atoms with Crippen LogP contribution in [0.1, 0.15) is 25.0 Å². The van der Waals surface area contributed by atoms with Crippen LogP contribution >= 0.6 is 0 Å². The Balaban J connectivity index is 2.19. The SMILES string of the molecule is CCOc1ccccc1CNC(=O)[C@@H](C)N(c1cccc(C)c1)S(C)(=O)=O. The van der Waals surface area contributed by atoms with Crippen LogP contribution in [0.5, 0.6) is 5.75 Å². The highest BCUT2D eigenvalue weighted by atomic mass is 32.2. The molecule has 0 saturated carbocycles. The fourth-order valence-electron chi connectivity index (χ4n) is 2.85. The van der Waals surface area contributed by atoms with Crippen molar-refractivity contribution in [3.05, 3.63) is 59.7 Å². The standard InChI is InChI=1S/C20H26N2O4S/c1-5-26-19-12-7-6-10-17(19)14-21-20(23)16(3)22(27(4,24)25)18-11-8-9-15(2)13-18/h6-13,16H,5,14H2,1-4H3,(H,21,23)/t16-/m1/s1. The minimum atomic E-state index is -3.63. The maximum Gasteiger partial charge on any atom is 0.243 e. The molecule has 2 aromatic carbocycles. The van der Waals surface area contributed by atoms with Crippen LogP contribution in [0.25, 0.3) is 0 Å². The van der Waals surface area contributed by atoms with E-state index in [9.17, 15) is 13.2 Å². The van der Waals surface area contributed by atoms with E-state index in [1.54, 1.807) is 25.1 Å². The van der Waals surface area contributed by atoms with Gasteiger partial charge in [0.15, 0.2) is 0 Å². The predicted octanol–water partition coefficient (Wildman–Crippen LogP) is 2.86. The quantitative estimate of drug-likeness (QED) is 0.752. The van der Waals surface area contributed by atoms with E-state index < -0.39 is 16.1 Å². The first-order valence-electron chi connectivity index (χ1n) is 8.78. The van der Waals surface area contributed by atoms with Crippen LogP contribution in [0, 0.1) is 6.92 Å². The van der Waals surface area contributed by atoms with E-state index in [4.69, 9.17) is 4.74 Å². The van der Waals surface area contributed by atoms with Crippen molar-refractivity contribution in [3.8, 4) is 5.75 Å². The highest BCUT2D eigenvalue weighted by Crippen LogP contribution is 2.22. The van der Waals surface area contributed by atoms with E-state index in [2.05, 4.69) is 5.32 Å². The van der Waals surface area contributed by atoms with Gasteiger partial charge in [-0.2, -0.15) is 0 Å². The lowest BCUT2D eigenvalue weighted by Crippen LogP contribution is -2.47. The lowest BCUT2D eigenvalue weighted by Gasteiger charge is -2.28. The minimum Gasteiger partial charge on any atom is -0.494 e. The van der Waals surface area contributed by atoms with Crippen LogP contribution in [0.2, 0.25) is 0 Å². The van der Waals surface area contributed by atoms with Crippen molar-refractivity contribution in [1.82, 2.24) is 5.32 Å². The smallest absolute Gasteiger partial charge is 0.243 e. The topological polar surface area (TPSA) is 75.7 Å². The molecule has 0 spiro atoms. The molecule has 1 atom stereocenters. The van der Waals surface area contributed by atoms with Crippen LogP contribution in [-0.4, -0.2) is 33.2 Å². The van der Waals surface area contributed by atoms with Gasteiger partial charge in [-0.3, -0.25) is 9.10 Å². The van der Waals surface area contributed by atoms with Gasteiger partial charge in [0.2, 0.25) is 15.9 Å². The summed E-state index contributed by atoms with van der Waals surface area (Å²) in [6.45, 7) is 6.12. The van der Waals surface area contributed by atoms with Crippen molar-refractivity contribution in [3.63, 3.8) is 0 Å². The van der Waals surface area contributed by atoms with Crippen molar-refractivity contribution >= 4 is 21.6 Å². The average molecular weight is 391 g/mol. The highest BCUT2D eigenvalue weighted by molar-refractivity contribution is 7.92. The summed E-state index contributed by atoms with van der Waals surface area (Å²) in [7, 11) is -3.63. The Hall–Kier alpha value is -2.54. The summed E-state index contributed by atoms with van der Waals surface area (Å²) in [6, 6.07) is 13.6. The van der Waals surface area contributed by atoms with Crippen LogP contribution in [0.4, 0.5) is 5.69 Å². The third-order valence-corrected chi connectivity index (χ3v) is 5.31. The molecule has 0 aliphatic rings. The maximum absolute atomic E-state index is 12.7. The Kier molecular flexibility index (Phi) is 6.85. The first-order valence-corrected chi connectivity index (χ1v) is 10.6. The summed E-state index contributed by atoms with van der Waals surface area (Å²) in [4.78, 5) is 12.7. The monoisotopic (exact) mass is 390 g/mol. The van der Waals surface area contributed by atoms with E-state index in [0.717, 1.165) is 21.7 Å². The molecule has 27 heavy (non-hydrogen) atoms. The number of ether oxygens (including phenoxy) is 1. The van der Waals surface area contributed by atoms with Gasteiger partial charge in [-0.1, -0.05) is 30.3 Å². The number of sulfonamides is 1. The molecule has 0 heterocycles. The molecule has 0 radical (unpaired) electrons. The molecular weight excluding hydrogens is 364 g/mol. The van der Waals surface area contributed by atoms with Crippen LogP contribution < -0.4 is 14.4 Å². The van der Waals surface area contributed by atoms with E-state index in [1.807, 2.05) is 44.2 Å². The Morgan fingerprint density at radius 2 is 1.89 bits per heavy atom. The van der Waals surface area contributed by atoms with Crippen LogP contribution in [-0.2, 0) is 21.4 Å². The molecule has 0 aliphatic carbocycles. The van der Waals surface area contributed by atoms with E-state index in [1.165, 1.54) is 0 Å². The molecule has 0 unspecified atom stereocenters. The molecule has 2 aromatic rings. The number of rotatable bonds is 8. The Morgan fingerprint density at radius 1 is 1.19 bits per heavy atom. The summed E-state index contributed by atoms with van der Waals surface area (Å²) in [6.07, 6.45) is 1.10. The second-order valence-corrected chi connectivity index (χ2v) is 8.19. The van der Waals surface area contributed by atoms with Crippen molar-refractivity contribution < 1.29 is 17.9 Å². The van der Waals surface area contributed by atoms with Gasteiger partial charge in [-0.25, -0.2) is 8.42 Å². The second kappa shape index (κ2) is 8.90. The minimum absolute atomic E-state index is 0.255. The van der Waals surface area contributed by atoms with Crippen LogP contribution in [0.3, 0.4) is 0 Å². The van der Waals surface area contributed by atoms with Crippen molar-refractivity contribution in [1.29, 1.82) is 0 Å². The van der Waals surface area contributed by atoms with Gasteiger partial charge < -0.3 is 10.1 Å². The molecule has 7 heteroatoms. The third-order valence-electron chi connectivity index (χ3n) is 4.07. The summed E-state index contributed by atoms with van der Waals surface area (Å²) in [5.74, 6) is 0.319. The van der Waals surface area contributed by atoms with E-state index in [0.29, 0.717) is 18.0 Å². The van der Waals surface area contributed by atoms with Crippen LogP contribution in [0.15, 0.2) is 48.5 Å². The summed E-state index contributed by atoms with van der Waals surface area (Å²) in [5.41, 5.74) is 2.22. The first-order chi connectivity index (χ1) is 12.7. The maximum atomic E-state index is 12.7. The molecule has 0 aliphatic heterocycles. The highest BCUT2D eigenvalue weighted by Gasteiger charge is 2.29. The van der Waals surface area contributed by atoms with Crippen molar-refractivity contribution in [2.45, 2.75) is 33.4 Å². The normalized spacial score (nSPS) is 12.3. The number of hydrogen-bond acceptors (Lipinski definition) is 4. The first kappa shape index (κ1) is 20.8. The van der Waals surface area contributed by atoms with E-state index in [-0.39, 0.29) is 12.5 Å². The lowest BCUT2D eigenvalue weighted by atomic mass is 10.2. The number of nitrogens with zero attached hydrogens (tertiary/aromatic N) is 1. The number of para-hydroxylation sites is 1. The zero-order valence-corrected chi connectivity index (χ0v) is 16.9. The number of carbonyl (C=O) groups is 1. The number of benzene rings is 2. The van der Waals surface area contributed by atoms with Crippen molar-refractivity contribution in [2.75, 3.05) is 17.2 Å². The molecule has 0 saturated heterocycles. The molecule has 0 bridgehead atoms. The number of amides is 1. The number of carbonyl (C=O) groups excluding carboxylic acids is 1. The number of nitrogens with one attached hydrogen (secondary N) is 1. The van der Waals surface area contributed by atoms with Crippen molar-refractivity contribution in [2.24, 2.45) is 0 Å². The average Bonchev–Trinajstić information content (AvgIpc) is 2.60. The fraction of sp³-hybridized carbons (Fsp3) is 0.350. The summed E-state index contributed by atoms with van der Waals surface area (Å²) in [5, 5.41) is 2.81. The summed E-state index contributed by atoms with van der Waals surface area (Å²) >= 11 is 0. The van der Waals surface area contributed by atoms with Gasteiger partial charge in [0.25, 0.3) is 0 Å². The molecule has 1 N–H and O–H groups in total. The van der Waals surface area contributed by atoms with Gasteiger partial charge in [0, 0.05) is 12.1 Å². The molecule has 6 nitrogen and oxygen atoms in total. The summed E-state index contributed by atoms with van der Waals surface area (Å²) < 4.78 is 31.4. The molecule has 0 fully saturated rings. The predicted molar refractivity (Wildman–Crippen MR) is 107 cm³/mol. The number of hydrogen-bond donors (Lipinski definition) is 1. The zero-order chi connectivity index (χ0) is 20.0. The number of anilines is 1. The molecular formula is C20H26N2O4S.